The number of pyridine rings is 1. The lowest BCUT2D eigenvalue weighted by molar-refractivity contribution is -0.117. The average molecular weight is 350 g/mol. The number of rotatable bonds is 3. The van der Waals surface area contributed by atoms with E-state index in [-0.39, 0.29) is 30.3 Å². The van der Waals surface area contributed by atoms with Crippen molar-refractivity contribution in [2.45, 2.75) is 38.6 Å². The number of halogens is 1. The van der Waals surface area contributed by atoms with Crippen LogP contribution in [0.25, 0.3) is 11.0 Å². The number of piperidine rings is 1. The van der Waals surface area contributed by atoms with Crippen LogP contribution in [0.2, 0.25) is 0 Å². The maximum absolute atomic E-state index is 12.2. The number of nitrogens with zero attached hydrogens (tertiary/aromatic N) is 2. The molecule has 130 valence electrons. The van der Waals surface area contributed by atoms with E-state index in [1.54, 1.807) is 0 Å². The Bertz CT molecular complexity index is 755. The van der Waals surface area contributed by atoms with E-state index in [0.717, 1.165) is 66.7 Å². The fraction of sp³-hybridized carbons (Fsp3) is 0.529. The van der Waals surface area contributed by atoms with Crippen LogP contribution in [-0.2, 0) is 4.79 Å². The van der Waals surface area contributed by atoms with Gasteiger partial charge in [0.05, 0.1) is 16.8 Å². The Morgan fingerprint density at radius 3 is 2.92 bits per heavy atom. The van der Waals surface area contributed by atoms with Crippen molar-refractivity contribution < 1.29 is 4.79 Å². The number of aryl methyl sites for hydroxylation is 1. The SMILES string of the molecule is Cc1cnc2[nH]cc(NC(=O)C3CC3)c2c1N1CCCC(N)C1.Cl. The lowest BCUT2D eigenvalue weighted by Crippen LogP contribution is -2.43. The van der Waals surface area contributed by atoms with Crippen molar-refractivity contribution in [2.75, 3.05) is 23.3 Å². The fourth-order valence-corrected chi connectivity index (χ4v) is 3.47. The number of hydrogen-bond acceptors (Lipinski definition) is 4. The molecule has 2 aromatic rings. The van der Waals surface area contributed by atoms with Crippen LogP contribution >= 0.6 is 12.4 Å². The fourth-order valence-electron chi connectivity index (χ4n) is 3.47. The Hall–Kier alpha value is -1.79. The Kier molecular flexibility index (Phi) is 4.69. The minimum Gasteiger partial charge on any atom is -0.369 e. The zero-order valence-corrected chi connectivity index (χ0v) is 14.7. The molecule has 2 fully saturated rings. The largest absolute Gasteiger partial charge is 0.369 e. The van der Waals surface area contributed by atoms with Gasteiger partial charge in [-0.05, 0) is 38.2 Å². The van der Waals surface area contributed by atoms with E-state index in [1.807, 2.05) is 12.4 Å². The molecule has 4 N–H and O–H groups in total. The molecule has 2 aliphatic rings. The summed E-state index contributed by atoms with van der Waals surface area (Å²) in [7, 11) is 0. The smallest absolute Gasteiger partial charge is 0.227 e. The molecule has 1 aliphatic carbocycles. The van der Waals surface area contributed by atoms with Gasteiger partial charge >= 0.3 is 0 Å². The Morgan fingerprint density at radius 2 is 2.21 bits per heavy atom. The van der Waals surface area contributed by atoms with Crippen molar-refractivity contribution in [1.82, 2.24) is 9.97 Å². The van der Waals surface area contributed by atoms with Gasteiger partial charge in [-0.1, -0.05) is 0 Å². The zero-order chi connectivity index (χ0) is 16.0. The quantitative estimate of drug-likeness (QED) is 0.794. The summed E-state index contributed by atoms with van der Waals surface area (Å²) in [5.41, 5.74) is 10.1. The van der Waals surface area contributed by atoms with Crippen LogP contribution < -0.4 is 16.0 Å². The standard InChI is InChI=1S/C17H23N5O.ClH/c1-10-7-19-16-14(15(10)22-6-2-3-12(18)9-22)13(8-20-16)21-17(23)11-4-5-11;/h7-8,11-12H,2-6,9,18H2,1H3,(H,19,20)(H,21,23);1H. The third-order valence-electron chi connectivity index (χ3n) is 4.84. The number of aromatic amines is 1. The number of nitrogens with one attached hydrogen (secondary N) is 2. The molecule has 1 atom stereocenters. The van der Waals surface area contributed by atoms with Crippen molar-refractivity contribution in [3.63, 3.8) is 0 Å². The molecule has 0 aromatic carbocycles. The highest BCUT2D eigenvalue weighted by Gasteiger charge is 2.31. The van der Waals surface area contributed by atoms with Crippen molar-refractivity contribution in [2.24, 2.45) is 11.7 Å². The highest BCUT2D eigenvalue weighted by atomic mass is 35.5. The van der Waals surface area contributed by atoms with Gasteiger partial charge < -0.3 is 20.9 Å². The summed E-state index contributed by atoms with van der Waals surface area (Å²) in [5.74, 6) is 0.304. The monoisotopic (exact) mass is 349 g/mol. The Labute approximate surface area is 147 Å². The van der Waals surface area contributed by atoms with Crippen LogP contribution in [0.15, 0.2) is 12.4 Å². The van der Waals surface area contributed by atoms with Crippen LogP contribution in [-0.4, -0.2) is 35.0 Å². The highest BCUT2D eigenvalue weighted by Crippen LogP contribution is 2.37. The first-order chi connectivity index (χ1) is 11.1. The molecule has 6 nitrogen and oxygen atoms in total. The van der Waals surface area contributed by atoms with Gasteiger partial charge in [-0.15, -0.1) is 12.4 Å². The van der Waals surface area contributed by atoms with E-state index >= 15 is 0 Å². The summed E-state index contributed by atoms with van der Waals surface area (Å²) in [6.45, 7) is 3.91. The van der Waals surface area contributed by atoms with Gasteiger partial charge in [0.15, 0.2) is 0 Å². The molecular weight excluding hydrogens is 326 g/mol. The van der Waals surface area contributed by atoms with Gasteiger partial charge in [-0.3, -0.25) is 4.79 Å². The van der Waals surface area contributed by atoms with Crippen molar-refractivity contribution in [1.29, 1.82) is 0 Å². The van der Waals surface area contributed by atoms with E-state index in [4.69, 9.17) is 5.73 Å². The van der Waals surface area contributed by atoms with Crippen molar-refractivity contribution in [3.05, 3.63) is 18.0 Å². The average Bonchev–Trinajstić information content (AvgIpc) is 3.31. The lowest BCUT2D eigenvalue weighted by Gasteiger charge is -2.34. The number of nitrogens with two attached hydrogens (primary N) is 1. The first-order valence-electron chi connectivity index (χ1n) is 8.41. The predicted molar refractivity (Wildman–Crippen MR) is 98.9 cm³/mol. The van der Waals surface area contributed by atoms with Crippen LogP contribution in [0.5, 0.6) is 0 Å². The summed E-state index contributed by atoms with van der Waals surface area (Å²) in [4.78, 5) is 22.2. The molecular formula is C17H24ClN5O. The lowest BCUT2D eigenvalue weighted by atomic mass is 10.0. The zero-order valence-electron chi connectivity index (χ0n) is 13.8. The third kappa shape index (κ3) is 3.08. The van der Waals surface area contributed by atoms with Crippen LogP contribution in [0.3, 0.4) is 0 Å². The molecule has 0 bridgehead atoms. The minimum atomic E-state index is 0. The molecule has 3 heterocycles. The second kappa shape index (κ2) is 6.61. The number of fused-ring (bicyclic) bond motifs is 1. The molecule has 0 spiro atoms. The molecule has 24 heavy (non-hydrogen) atoms. The maximum atomic E-state index is 12.2. The van der Waals surface area contributed by atoms with Gasteiger partial charge in [-0.25, -0.2) is 4.98 Å². The van der Waals surface area contributed by atoms with Crippen LogP contribution in [0, 0.1) is 12.8 Å². The van der Waals surface area contributed by atoms with Gasteiger partial charge in [0.2, 0.25) is 5.91 Å². The third-order valence-corrected chi connectivity index (χ3v) is 4.84. The normalized spacial score (nSPS) is 20.8. The summed E-state index contributed by atoms with van der Waals surface area (Å²) in [5, 5.41) is 4.08. The molecule has 1 aliphatic heterocycles. The predicted octanol–water partition coefficient (Wildman–Crippen LogP) is 2.57. The second-order valence-electron chi connectivity index (χ2n) is 6.83. The van der Waals surface area contributed by atoms with Crippen molar-refractivity contribution >= 4 is 40.7 Å². The number of H-pyrrole nitrogens is 1. The molecule has 2 aromatic heterocycles. The first-order valence-corrected chi connectivity index (χ1v) is 8.41. The van der Waals surface area contributed by atoms with Gasteiger partial charge in [-0.2, -0.15) is 0 Å². The molecule has 1 amide bonds. The summed E-state index contributed by atoms with van der Waals surface area (Å²) >= 11 is 0. The van der Waals surface area contributed by atoms with E-state index in [0.29, 0.717) is 0 Å². The molecule has 4 rings (SSSR count). The molecule has 1 saturated heterocycles. The highest BCUT2D eigenvalue weighted by molar-refractivity contribution is 6.07. The number of hydrogen-bond donors (Lipinski definition) is 3. The van der Waals surface area contributed by atoms with Crippen molar-refractivity contribution in [3.8, 4) is 0 Å². The number of amides is 1. The summed E-state index contributed by atoms with van der Waals surface area (Å²) in [6, 6.07) is 0.204. The second-order valence-corrected chi connectivity index (χ2v) is 6.83. The maximum Gasteiger partial charge on any atom is 0.227 e. The molecule has 1 saturated carbocycles. The van der Waals surface area contributed by atoms with E-state index in [2.05, 4.69) is 27.1 Å². The van der Waals surface area contributed by atoms with E-state index < -0.39 is 0 Å². The van der Waals surface area contributed by atoms with Crippen LogP contribution in [0.4, 0.5) is 11.4 Å². The van der Waals surface area contributed by atoms with Gasteiger partial charge in [0.1, 0.15) is 5.65 Å². The van der Waals surface area contributed by atoms with E-state index in [1.165, 1.54) is 0 Å². The first kappa shape index (κ1) is 17.0. The molecule has 7 heteroatoms. The van der Waals surface area contributed by atoms with Gasteiger partial charge in [0.25, 0.3) is 0 Å². The van der Waals surface area contributed by atoms with Gasteiger partial charge in [0, 0.05) is 37.4 Å². The number of carbonyl (C=O) groups excluding carboxylic acids is 1. The summed E-state index contributed by atoms with van der Waals surface area (Å²) < 4.78 is 0. The number of anilines is 2. The summed E-state index contributed by atoms with van der Waals surface area (Å²) in [6.07, 6.45) is 7.91. The van der Waals surface area contributed by atoms with E-state index in [9.17, 15) is 4.79 Å². The minimum absolute atomic E-state index is 0. The van der Waals surface area contributed by atoms with Crippen LogP contribution in [0.1, 0.15) is 31.2 Å². The Morgan fingerprint density at radius 1 is 1.42 bits per heavy atom. The Balaban J connectivity index is 0.00000169. The molecule has 1 unspecified atom stereocenters. The number of carbonyl (C=O) groups is 1. The topological polar surface area (TPSA) is 87.0 Å². The molecule has 0 radical (unpaired) electrons. The number of aromatic nitrogens is 2.